The fourth-order valence-corrected chi connectivity index (χ4v) is 5.02. The highest BCUT2D eigenvalue weighted by molar-refractivity contribution is 7.99. The Bertz CT molecular complexity index is 1160. The molecule has 0 aromatic heterocycles. The van der Waals surface area contributed by atoms with Gasteiger partial charge in [0, 0.05) is 35.3 Å². The Balaban J connectivity index is 1.87. The highest BCUT2D eigenvalue weighted by Gasteiger charge is 2.31. The van der Waals surface area contributed by atoms with Crippen molar-refractivity contribution >= 4 is 35.2 Å². The van der Waals surface area contributed by atoms with E-state index in [-0.39, 0.29) is 41.7 Å². The number of nitrogens with zero attached hydrogens (tertiary/aromatic N) is 1. The van der Waals surface area contributed by atoms with E-state index in [9.17, 15) is 18.4 Å². The smallest absolute Gasteiger partial charge is 0.243 e. The van der Waals surface area contributed by atoms with Gasteiger partial charge in [0.15, 0.2) is 0 Å². The van der Waals surface area contributed by atoms with Crippen LogP contribution in [0.5, 0.6) is 0 Å². The lowest BCUT2D eigenvalue weighted by Gasteiger charge is -2.32. The molecule has 4 nitrogen and oxygen atoms in total. The van der Waals surface area contributed by atoms with E-state index >= 15 is 0 Å². The van der Waals surface area contributed by atoms with Crippen LogP contribution in [0.25, 0.3) is 0 Å². The Morgan fingerprint density at radius 2 is 1.68 bits per heavy atom. The Kier molecular flexibility index (Phi) is 11.0. The molecular weight excluding hydrogens is 514 g/mol. The second-order valence-corrected chi connectivity index (χ2v) is 10.3. The number of rotatable bonds is 12. The number of carbonyl (C=O) groups excluding carboxylic acids is 2. The number of benzene rings is 3. The highest BCUT2D eigenvalue weighted by Crippen LogP contribution is 2.25. The second kappa shape index (κ2) is 14.1. The van der Waals surface area contributed by atoms with Gasteiger partial charge in [0.2, 0.25) is 11.8 Å². The fraction of sp³-hybridized carbons (Fsp3) is 0.310. The molecule has 0 spiro atoms. The Morgan fingerprint density at radius 3 is 2.32 bits per heavy atom. The SMILES string of the molecule is CCC(C)NC(=O)C(Cc1ccccc1)N(Cc1ccc(F)cc1)C(=O)CSCc1c(F)cccc1Cl. The number of carbonyl (C=O) groups is 2. The van der Waals surface area contributed by atoms with Gasteiger partial charge in [-0.2, -0.15) is 0 Å². The summed E-state index contributed by atoms with van der Waals surface area (Å²) in [7, 11) is 0. The van der Waals surface area contributed by atoms with Crippen LogP contribution in [-0.4, -0.2) is 34.6 Å². The van der Waals surface area contributed by atoms with Crippen LogP contribution in [0.3, 0.4) is 0 Å². The van der Waals surface area contributed by atoms with Gasteiger partial charge in [-0.25, -0.2) is 8.78 Å². The molecule has 37 heavy (non-hydrogen) atoms. The third-order valence-electron chi connectivity index (χ3n) is 6.07. The molecule has 0 aliphatic carbocycles. The normalized spacial score (nSPS) is 12.6. The Labute approximate surface area is 226 Å². The van der Waals surface area contributed by atoms with Crippen molar-refractivity contribution in [2.45, 2.75) is 51.1 Å². The van der Waals surface area contributed by atoms with Crippen LogP contribution < -0.4 is 5.32 Å². The van der Waals surface area contributed by atoms with Gasteiger partial charge < -0.3 is 10.2 Å². The molecule has 0 radical (unpaired) electrons. The van der Waals surface area contributed by atoms with E-state index in [0.29, 0.717) is 22.6 Å². The summed E-state index contributed by atoms with van der Waals surface area (Å²) >= 11 is 7.37. The predicted octanol–water partition coefficient (Wildman–Crippen LogP) is 6.41. The van der Waals surface area contributed by atoms with Gasteiger partial charge >= 0.3 is 0 Å². The van der Waals surface area contributed by atoms with Gasteiger partial charge in [0.1, 0.15) is 17.7 Å². The quantitative estimate of drug-likeness (QED) is 0.287. The predicted molar refractivity (Wildman–Crippen MR) is 146 cm³/mol. The molecule has 3 aromatic rings. The zero-order valence-electron chi connectivity index (χ0n) is 20.9. The van der Waals surface area contributed by atoms with Crippen molar-refractivity contribution in [2.75, 3.05) is 5.75 Å². The Morgan fingerprint density at radius 1 is 0.973 bits per heavy atom. The van der Waals surface area contributed by atoms with Crippen LogP contribution in [-0.2, 0) is 28.3 Å². The minimum absolute atomic E-state index is 0.0216. The molecule has 8 heteroatoms. The van der Waals surface area contributed by atoms with E-state index in [4.69, 9.17) is 11.6 Å². The average Bonchev–Trinajstić information content (AvgIpc) is 2.89. The van der Waals surface area contributed by atoms with Crippen LogP contribution in [0.1, 0.15) is 37.0 Å². The van der Waals surface area contributed by atoms with E-state index in [1.54, 1.807) is 18.2 Å². The fourth-order valence-electron chi connectivity index (χ4n) is 3.78. The summed E-state index contributed by atoms with van der Waals surface area (Å²) < 4.78 is 27.8. The summed E-state index contributed by atoms with van der Waals surface area (Å²) in [5.74, 6) is -1.10. The zero-order valence-corrected chi connectivity index (χ0v) is 22.5. The Hall–Kier alpha value is -2.90. The summed E-state index contributed by atoms with van der Waals surface area (Å²) in [5, 5.41) is 3.31. The first kappa shape index (κ1) is 28.7. The average molecular weight is 545 g/mol. The van der Waals surface area contributed by atoms with Gasteiger partial charge in [0.25, 0.3) is 0 Å². The van der Waals surface area contributed by atoms with Crippen LogP contribution in [0.15, 0.2) is 72.8 Å². The summed E-state index contributed by atoms with van der Waals surface area (Å²) in [4.78, 5) is 28.6. The first-order valence-electron chi connectivity index (χ1n) is 12.2. The summed E-state index contributed by atoms with van der Waals surface area (Å²) in [6.45, 7) is 4.02. The molecular formula is C29H31ClF2N2O2S. The van der Waals surface area contributed by atoms with E-state index in [1.165, 1.54) is 40.9 Å². The highest BCUT2D eigenvalue weighted by atomic mass is 35.5. The van der Waals surface area contributed by atoms with Gasteiger partial charge in [-0.15, -0.1) is 11.8 Å². The topological polar surface area (TPSA) is 49.4 Å². The van der Waals surface area contributed by atoms with Crippen LogP contribution in [0.2, 0.25) is 5.02 Å². The zero-order chi connectivity index (χ0) is 26.8. The largest absolute Gasteiger partial charge is 0.352 e. The van der Waals surface area contributed by atoms with Crippen molar-refractivity contribution in [3.8, 4) is 0 Å². The first-order valence-corrected chi connectivity index (χ1v) is 13.7. The van der Waals surface area contributed by atoms with E-state index in [2.05, 4.69) is 5.32 Å². The van der Waals surface area contributed by atoms with Crippen LogP contribution in [0.4, 0.5) is 8.78 Å². The van der Waals surface area contributed by atoms with Crippen LogP contribution >= 0.6 is 23.4 Å². The first-order chi connectivity index (χ1) is 17.8. The van der Waals surface area contributed by atoms with Gasteiger partial charge in [-0.3, -0.25) is 9.59 Å². The maximum absolute atomic E-state index is 14.2. The molecule has 2 amide bonds. The molecule has 1 N–H and O–H groups in total. The molecule has 0 fully saturated rings. The molecule has 0 aliphatic heterocycles. The minimum atomic E-state index is -0.786. The van der Waals surface area contributed by atoms with Gasteiger partial charge in [0.05, 0.1) is 5.75 Å². The molecule has 0 heterocycles. The number of halogens is 3. The second-order valence-electron chi connectivity index (χ2n) is 8.86. The third kappa shape index (κ3) is 8.58. The summed E-state index contributed by atoms with van der Waals surface area (Å²) in [5.41, 5.74) is 1.95. The van der Waals surface area contributed by atoms with Gasteiger partial charge in [-0.05, 0) is 48.7 Å². The third-order valence-corrected chi connectivity index (χ3v) is 7.37. The molecule has 0 aliphatic rings. The summed E-state index contributed by atoms with van der Waals surface area (Å²) in [6, 6.07) is 19.0. The maximum atomic E-state index is 14.2. The number of amides is 2. The molecule has 2 unspecified atom stereocenters. The van der Waals surface area contributed by atoms with Gasteiger partial charge in [-0.1, -0.05) is 67.1 Å². The minimum Gasteiger partial charge on any atom is -0.352 e. The van der Waals surface area contributed by atoms with Crippen molar-refractivity contribution in [2.24, 2.45) is 0 Å². The van der Waals surface area contributed by atoms with Crippen molar-refractivity contribution in [1.29, 1.82) is 0 Å². The number of hydrogen-bond acceptors (Lipinski definition) is 3. The molecule has 0 bridgehead atoms. The van der Waals surface area contributed by atoms with E-state index in [0.717, 1.165) is 12.0 Å². The molecule has 196 valence electrons. The van der Waals surface area contributed by atoms with Crippen molar-refractivity contribution < 1.29 is 18.4 Å². The lowest BCUT2D eigenvalue weighted by molar-refractivity contribution is -0.139. The molecule has 2 atom stereocenters. The number of thioether (sulfide) groups is 1. The van der Waals surface area contributed by atoms with Crippen molar-refractivity contribution in [3.05, 3.63) is 106 Å². The molecule has 3 aromatic carbocycles. The van der Waals surface area contributed by atoms with E-state index in [1.807, 2.05) is 44.2 Å². The lowest BCUT2D eigenvalue weighted by Crippen LogP contribution is -2.52. The van der Waals surface area contributed by atoms with Crippen molar-refractivity contribution in [1.82, 2.24) is 10.2 Å². The molecule has 3 rings (SSSR count). The number of hydrogen-bond donors (Lipinski definition) is 1. The monoisotopic (exact) mass is 544 g/mol. The molecule has 0 saturated carbocycles. The maximum Gasteiger partial charge on any atom is 0.243 e. The number of nitrogens with one attached hydrogen (secondary N) is 1. The van der Waals surface area contributed by atoms with Crippen molar-refractivity contribution in [3.63, 3.8) is 0 Å². The van der Waals surface area contributed by atoms with E-state index < -0.39 is 11.9 Å². The summed E-state index contributed by atoms with van der Waals surface area (Å²) in [6.07, 6.45) is 1.06. The van der Waals surface area contributed by atoms with Crippen LogP contribution in [0, 0.1) is 11.6 Å². The standard InChI is InChI=1S/C29H31ClF2N2O2S/c1-3-20(2)33-29(36)27(16-21-8-5-4-6-9-21)34(17-22-12-14-23(31)15-13-22)28(35)19-37-18-24-25(30)10-7-11-26(24)32/h4-15,20,27H,3,16-19H2,1-2H3,(H,33,36). The lowest BCUT2D eigenvalue weighted by atomic mass is 10.0. The molecule has 0 saturated heterocycles.